The topological polar surface area (TPSA) is 97.5 Å². The molecular weight excluding hydrogens is 428 g/mol. The first-order valence-corrected chi connectivity index (χ1v) is 12.3. The minimum Gasteiger partial charge on any atom is -0.466 e. The number of nitrogens with one attached hydrogen (secondary N) is 1. The minimum absolute atomic E-state index is 0.230. The van der Waals surface area contributed by atoms with Gasteiger partial charge in [-0.1, -0.05) is 43.7 Å². The molecule has 3 N–H and O–H groups in total. The number of anilines is 1. The molecule has 2 aromatic rings. The molecule has 0 aliphatic carbocycles. The number of hydrogen-bond donors (Lipinski definition) is 2. The molecule has 2 heterocycles. The van der Waals surface area contributed by atoms with Crippen molar-refractivity contribution < 1.29 is 14.3 Å². The smallest absolute Gasteiger partial charge is 0.321 e. The van der Waals surface area contributed by atoms with Gasteiger partial charge in [0.15, 0.2) is 0 Å². The molecule has 1 fully saturated rings. The standard InChI is InChI=1S/C27H38N4O3/c1-6-34-26(32)21-8-7-13-31(16-21)27(33)30-25-19(5)29-23(14-17(2)3)22(15-28)24(25)20-11-9-18(4)10-12-20/h9-12,17,21H,6-8,13-16,28H2,1-5H3,(H,30,33). The van der Waals surface area contributed by atoms with Gasteiger partial charge in [-0.25, -0.2) is 4.79 Å². The highest BCUT2D eigenvalue weighted by Gasteiger charge is 2.30. The van der Waals surface area contributed by atoms with Gasteiger partial charge in [-0.2, -0.15) is 0 Å². The molecule has 1 aliphatic heterocycles. The van der Waals surface area contributed by atoms with E-state index in [0.29, 0.717) is 37.8 Å². The van der Waals surface area contributed by atoms with Crippen LogP contribution < -0.4 is 11.1 Å². The number of esters is 1. The summed E-state index contributed by atoms with van der Waals surface area (Å²) < 4.78 is 5.19. The van der Waals surface area contributed by atoms with Gasteiger partial charge in [0.1, 0.15) is 0 Å². The Balaban J connectivity index is 1.99. The predicted octanol–water partition coefficient (Wildman–Crippen LogP) is 4.83. The van der Waals surface area contributed by atoms with Gasteiger partial charge in [-0.15, -0.1) is 0 Å². The van der Waals surface area contributed by atoms with Crippen LogP contribution in [-0.4, -0.2) is 41.6 Å². The summed E-state index contributed by atoms with van der Waals surface area (Å²) in [6.07, 6.45) is 2.31. The molecule has 2 amide bonds. The number of amides is 2. The second kappa shape index (κ2) is 11.5. The molecule has 1 unspecified atom stereocenters. The Morgan fingerprint density at radius 3 is 2.56 bits per heavy atom. The number of piperidine rings is 1. The Morgan fingerprint density at radius 2 is 1.94 bits per heavy atom. The lowest BCUT2D eigenvalue weighted by Crippen LogP contribution is -2.45. The molecule has 1 aromatic heterocycles. The lowest BCUT2D eigenvalue weighted by Gasteiger charge is -2.32. The van der Waals surface area contributed by atoms with E-state index < -0.39 is 0 Å². The van der Waals surface area contributed by atoms with E-state index in [9.17, 15) is 9.59 Å². The molecule has 0 radical (unpaired) electrons. The van der Waals surface area contributed by atoms with Gasteiger partial charge in [0, 0.05) is 30.9 Å². The lowest BCUT2D eigenvalue weighted by atomic mass is 9.92. The Bertz CT molecular complexity index is 1020. The summed E-state index contributed by atoms with van der Waals surface area (Å²) in [5, 5.41) is 3.13. The number of pyridine rings is 1. The summed E-state index contributed by atoms with van der Waals surface area (Å²) in [6, 6.07) is 8.03. The third kappa shape index (κ3) is 5.95. The first-order chi connectivity index (χ1) is 16.2. The van der Waals surface area contributed by atoms with Crippen LogP contribution in [0.25, 0.3) is 11.1 Å². The number of benzene rings is 1. The van der Waals surface area contributed by atoms with Crippen molar-refractivity contribution in [2.75, 3.05) is 25.0 Å². The summed E-state index contributed by atoms with van der Waals surface area (Å²) in [7, 11) is 0. The van der Waals surface area contributed by atoms with Gasteiger partial charge in [0.25, 0.3) is 0 Å². The molecule has 3 rings (SSSR count). The maximum atomic E-state index is 13.3. The lowest BCUT2D eigenvalue weighted by molar-refractivity contribution is -0.149. The third-order valence-corrected chi connectivity index (χ3v) is 6.27. The van der Waals surface area contributed by atoms with Crippen molar-refractivity contribution in [3.63, 3.8) is 0 Å². The van der Waals surface area contributed by atoms with Crippen molar-refractivity contribution in [3.05, 3.63) is 46.8 Å². The largest absolute Gasteiger partial charge is 0.466 e. The number of carbonyl (C=O) groups is 2. The van der Waals surface area contributed by atoms with Crippen LogP contribution in [0.15, 0.2) is 24.3 Å². The first kappa shape index (κ1) is 25.7. The second-order valence-electron chi connectivity index (χ2n) is 9.51. The van der Waals surface area contributed by atoms with Crippen molar-refractivity contribution in [2.24, 2.45) is 17.6 Å². The predicted molar refractivity (Wildman–Crippen MR) is 136 cm³/mol. The Hall–Kier alpha value is -2.93. The fourth-order valence-electron chi connectivity index (χ4n) is 4.57. The number of likely N-dealkylation sites (tertiary alicyclic amines) is 1. The van der Waals surface area contributed by atoms with Crippen molar-refractivity contribution in [2.45, 2.75) is 60.4 Å². The highest BCUT2D eigenvalue weighted by molar-refractivity contribution is 5.96. The molecule has 1 aromatic carbocycles. The van der Waals surface area contributed by atoms with Crippen molar-refractivity contribution in [3.8, 4) is 11.1 Å². The molecule has 0 spiro atoms. The number of aromatic nitrogens is 1. The highest BCUT2D eigenvalue weighted by atomic mass is 16.5. The SMILES string of the molecule is CCOC(=O)C1CCCN(C(=O)Nc2c(C)nc(CC(C)C)c(CN)c2-c2ccc(C)cc2)C1. The number of aryl methyl sites for hydroxylation is 2. The number of nitrogens with two attached hydrogens (primary N) is 1. The Morgan fingerprint density at radius 1 is 1.24 bits per heavy atom. The number of rotatable bonds is 7. The Labute approximate surface area is 203 Å². The molecule has 1 atom stereocenters. The average molecular weight is 467 g/mol. The van der Waals surface area contributed by atoms with Gasteiger partial charge in [-0.05, 0) is 57.1 Å². The molecule has 7 nitrogen and oxygen atoms in total. The highest BCUT2D eigenvalue weighted by Crippen LogP contribution is 2.36. The zero-order valence-electron chi connectivity index (χ0n) is 21.1. The van der Waals surface area contributed by atoms with Crippen molar-refractivity contribution in [1.29, 1.82) is 0 Å². The fraction of sp³-hybridized carbons (Fsp3) is 0.519. The van der Waals surface area contributed by atoms with E-state index in [2.05, 4.69) is 50.4 Å². The van der Waals surface area contributed by atoms with Crippen LogP contribution in [0.2, 0.25) is 0 Å². The summed E-state index contributed by atoms with van der Waals surface area (Å²) in [5.74, 6) is -0.0958. The van der Waals surface area contributed by atoms with Gasteiger partial charge >= 0.3 is 12.0 Å². The second-order valence-corrected chi connectivity index (χ2v) is 9.51. The van der Waals surface area contributed by atoms with Crippen LogP contribution in [0.3, 0.4) is 0 Å². The van der Waals surface area contributed by atoms with Crippen LogP contribution in [0.4, 0.5) is 10.5 Å². The van der Waals surface area contributed by atoms with E-state index in [1.54, 1.807) is 11.8 Å². The molecule has 1 aliphatic rings. The van der Waals surface area contributed by atoms with E-state index in [1.807, 2.05) is 6.92 Å². The van der Waals surface area contributed by atoms with E-state index in [-0.39, 0.29) is 17.9 Å². The summed E-state index contributed by atoms with van der Waals surface area (Å²) in [5.41, 5.74) is 12.7. The first-order valence-electron chi connectivity index (χ1n) is 12.3. The molecule has 34 heavy (non-hydrogen) atoms. The molecular formula is C27H38N4O3. The van der Waals surface area contributed by atoms with E-state index in [1.165, 1.54) is 0 Å². The van der Waals surface area contributed by atoms with Gasteiger partial charge in [0.05, 0.1) is 23.9 Å². The van der Waals surface area contributed by atoms with E-state index >= 15 is 0 Å². The Kier molecular flexibility index (Phi) is 8.67. The summed E-state index contributed by atoms with van der Waals surface area (Å²) >= 11 is 0. The molecule has 184 valence electrons. The van der Waals surface area contributed by atoms with Gasteiger partial charge in [-0.3, -0.25) is 9.78 Å². The minimum atomic E-state index is -0.289. The number of ether oxygens (including phenoxy) is 1. The van der Waals surface area contributed by atoms with Crippen molar-refractivity contribution >= 4 is 17.7 Å². The molecule has 0 bridgehead atoms. The number of carbonyl (C=O) groups excluding carboxylic acids is 2. The van der Waals surface area contributed by atoms with Gasteiger partial charge in [0.2, 0.25) is 0 Å². The quantitative estimate of drug-likeness (QED) is 0.570. The maximum absolute atomic E-state index is 13.3. The molecule has 1 saturated heterocycles. The molecule has 0 saturated carbocycles. The third-order valence-electron chi connectivity index (χ3n) is 6.27. The van der Waals surface area contributed by atoms with Crippen LogP contribution in [0.1, 0.15) is 56.1 Å². The zero-order valence-corrected chi connectivity index (χ0v) is 21.1. The number of hydrogen-bond acceptors (Lipinski definition) is 5. The normalized spacial score (nSPS) is 16.0. The number of urea groups is 1. The number of nitrogens with zero attached hydrogens (tertiary/aromatic N) is 2. The monoisotopic (exact) mass is 466 g/mol. The zero-order chi connectivity index (χ0) is 24.8. The maximum Gasteiger partial charge on any atom is 0.321 e. The van der Waals surface area contributed by atoms with Crippen LogP contribution in [0.5, 0.6) is 0 Å². The van der Waals surface area contributed by atoms with E-state index in [4.69, 9.17) is 15.5 Å². The summed E-state index contributed by atoms with van der Waals surface area (Å²) in [4.78, 5) is 32.2. The van der Waals surface area contributed by atoms with Crippen LogP contribution in [0, 0.1) is 25.7 Å². The van der Waals surface area contributed by atoms with E-state index in [0.717, 1.165) is 52.9 Å². The molecule has 7 heteroatoms. The van der Waals surface area contributed by atoms with Gasteiger partial charge < -0.3 is 20.7 Å². The fourth-order valence-corrected chi connectivity index (χ4v) is 4.57. The average Bonchev–Trinajstić information content (AvgIpc) is 2.81. The van der Waals surface area contributed by atoms with Crippen molar-refractivity contribution in [1.82, 2.24) is 9.88 Å². The van der Waals surface area contributed by atoms with Crippen LogP contribution >= 0.6 is 0 Å². The summed E-state index contributed by atoms with van der Waals surface area (Å²) in [6.45, 7) is 11.7. The van der Waals surface area contributed by atoms with Crippen LogP contribution in [-0.2, 0) is 22.5 Å².